The molecule has 15 heavy (non-hydrogen) atoms. The molecule has 0 aromatic heterocycles. The average molecular weight is 208 g/mol. The highest BCUT2D eigenvalue weighted by molar-refractivity contribution is 5.59. The van der Waals surface area contributed by atoms with Crippen molar-refractivity contribution >= 4 is 6.29 Å². The number of carbonyl (C=O) groups is 1. The largest absolute Gasteiger partial charge is 0.303 e. The fourth-order valence-corrected chi connectivity index (χ4v) is 2.10. The first-order chi connectivity index (χ1) is 7.06. The quantitative estimate of drug-likeness (QED) is 0.490. The van der Waals surface area contributed by atoms with E-state index in [9.17, 15) is 4.79 Å². The van der Waals surface area contributed by atoms with Crippen LogP contribution in [0.4, 0.5) is 0 Å². The standard InChI is InChI=1S/C14H24O/c1-12(2)5-4-6-13-7-9-14(3,11-15)10-8-13/h7,11-12H,4-6,8-10H2,1-3H3. The molecule has 0 spiro atoms. The van der Waals surface area contributed by atoms with Crippen LogP contribution in [0.25, 0.3) is 0 Å². The van der Waals surface area contributed by atoms with E-state index >= 15 is 0 Å². The first kappa shape index (κ1) is 12.5. The maximum Gasteiger partial charge on any atom is 0.126 e. The minimum Gasteiger partial charge on any atom is -0.303 e. The van der Waals surface area contributed by atoms with Crippen molar-refractivity contribution in [2.24, 2.45) is 11.3 Å². The van der Waals surface area contributed by atoms with Crippen LogP contribution < -0.4 is 0 Å². The SMILES string of the molecule is CC(C)CCCC1=CCC(C)(C=O)CC1. The highest BCUT2D eigenvalue weighted by atomic mass is 16.1. The molecule has 0 amide bonds. The summed E-state index contributed by atoms with van der Waals surface area (Å²) in [5.41, 5.74) is 1.51. The van der Waals surface area contributed by atoms with Crippen molar-refractivity contribution in [2.75, 3.05) is 0 Å². The molecule has 86 valence electrons. The zero-order valence-corrected chi connectivity index (χ0v) is 10.4. The Kier molecular flexibility index (Phi) is 4.56. The van der Waals surface area contributed by atoms with E-state index in [-0.39, 0.29) is 5.41 Å². The number of carbonyl (C=O) groups excluding carboxylic acids is 1. The Morgan fingerprint density at radius 2 is 2.27 bits per heavy atom. The van der Waals surface area contributed by atoms with Crippen molar-refractivity contribution in [1.82, 2.24) is 0 Å². The van der Waals surface area contributed by atoms with E-state index in [2.05, 4.69) is 26.8 Å². The van der Waals surface area contributed by atoms with Gasteiger partial charge in [0.25, 0.3) is 0 Å². The molecule has 1 heteroatoms. The van der Waals surface area contributed by atoms with Gasteiger partial charge in [-0.2, -0.15) is 0 Å². The first-order valence-corrected chi connectivity index (χ1v) is 6.20. The average Bonchev–Trinajstić information content (AvgIpc) is 2.21. The van der Waals surface area contributed by atoms with E-state index in [0.29, 0.717) is 0 Å². The maximum atomic E-state index is 10.9. The third-order valence-corrected chi connectivity index (χ3v) is 3.44. The fourth-order valence-electron chi connectivity index (χ4n) is 2.10. The van der Waals surface area contributed by atoms with Gasteiger partial charge >= 0.3 is 0 Å². The summed E-state index contributed by atoms with van der Waals surface area (Å²) in [5.74, 6) is 0.814. The Morgan fingerprint density at radius 1 is 1.53 bits per heavy atom. The predicted molar refractivity (Wildman–Crippen MR) is 64.8 cm³/mol. The lowest BCUT2D eigenvalue weighted by Crippen LogP contribution is -2.20. The van der Waals surface area contributed by atoms with Gasteiger partial charge in [0.15, 0.2) is 0 Å². The summed E-state index contributed by atoms with van der Waals surface area (Å²) in [6.07, 6.45) is 10.4. The van der Waals surface area contributed by atoms with Gasteiger partial charge in [-0.25, -0.2) is 0 Å². The van der Waals surface area contributed by atoms with Gasteiger partial charge in [0.2, 0.25) is 0 Å². The highest BCUT2D eigenvalue weighted by Crippen LogP contribution is 2.34. The summed E-state index contributed by atoms with van der Waals surface area (Å²) in [6, 6.07) is 0. The van der Waals surface area contributed by atoms with Crippen molar-refractivity contribution in [2.45, 2.75) is 59.3 Å². The highest BCUT2D eigenvalue weighted by Gasteiger charge is 2.25. The second-order valence-corrected chi connectivity index (χ2v) is 5.62. The first-order valence-electron chi connectivity index (χ1n) is 6.20. The topological polar surface area (TPSA) is 17.1 Å². The molecule has 0 saturated heterocycles. The molecule has 1 aliphatic rings. The monoisotopic (exact) mass is 208 g/mol. The summed E-state index contributed by atoms with van der Waals surface area (Å²) >= 11 is 0. The summed E-state index contributed by atoms with van der Waals surface area (Å²) in [4.78, 5) is 10.9. The lowest BCUT2D eigenvalue weighted by molar-refractivity contribution is -0.115. The molecule has 0 N–H and O–H groups in total. The molecule has 1 nitrogen and oxygen atoms in total. The molecule has 0 fully saturated rings. The molecule has 1 aliphatic carbocycles. The van der Waals surface area contributed by atoms with Gasteiger partial charge in [-0.05, 0) is 38.0 Å². The molecular formula is C14H24O. The van der Waals surface area contributed by atoms with Crippen LogP contribution in [0, 0.1) is 11.3 Å². The summed E-state index contributed by atoms with van der Waals surface area (Å²) in [6.45, 7) is 6.62. The van der Waals surface area contributed by atoms with Crippen LogP contribution in [0.1, 0.15) is 59.3 Å². The lowest BCUT2D eigenvalue weighted by atomic mass is 9.77. The van der Waals surface area contributed by atoms with Gasteiger partial charge in [0.1, 0.15) is 6.29 Å². The smallest absolute Gasteiger partial charge is 0.126 e. The third-order valence-electron chi connectivity index (χ3n) is 3.44. The number of aldehydes is 1. The summed E-state index contributed by atoms with van der Waals surface area (Å²) in [7, 11) is 0. The van der Waals surface area contributed by atoms with E-state index < -0.39 is 0 Å². The van der Waals surface area contributed by atoms with Gasteiger partial charge in [0, 0.05) is 5.41 Å². The van der Waals surface area contributed by atoms with Crippen molar-refractivity contribution in [3.63, 3.8) is 0 Å². The Balaban J connectivity index is 2.31. The van der Waals surface area contributed by atoms with E-state index in [1.807, 2.05) is 0 Å². The van der Waals surface area contributed by atoms with Crippen LogP contribution in [-0.2, 0) is 4.79 Å². The van der Waals surface area contributed by atoms with Crippen LogP contribution >= 0.6 is 0 Å². The Morgan fingerprint density at radius 3 is 2.73 bits per heavy atom. The van der Waals surface area contributed by atoms with E-state index in [1.165, 1.54) is 19.3 Å². The molecule has 0 aromatic rings. The minimum atomic E-state index is -0.0679. The zero-order valence-electron chi connectivity index (χ0n) is 10.4. The van der Waals surface area contributed by atoms with Gasteiger partial charge in [-0.1, -0.05) is 38.8 Å². The number of hydrogen-bond donors (Lipinski definition) is 0. The van der Waals surface area contributed by atoms with Gasteiger partial charge in [-0.3, -0.25) is 0 Å². The van der Waals surface area contributed by atoms with Crippen LogP contribution in [0.2, 0.25) is 0 Å². The van der Waals surface area contributed by atoms with E-state index in [1.54, 1.807) is 5.57 Å². The lowest BCUT2D eigenvalue weighted by Gasteiger charge is -2.27. The van der Waals surface area contributed by atoms with Crippen LogP contribution in [0.15, 0.2) is 11.6 Å². The summed E-state index contributed by atoms with van der Waals surface area (Å²) < 4.78 is 0. The molecule has 1 atom stereocenters. The molecule has 0 saturated carbocycles. The van der Waals surface area contributed by atoms with Crippen LogP contribution in [0.3, 0.4) is 0 Å². The molecule has 0 radical (unpaired) electrons. The molecule has 0 bridgehead atoms. The normalized spacial score (nSPS) is 26.5. The van der Waals surface area contributed by atoms with Crippen molar-refractivity contribution in [1.29, 1.82) is 0 Å². The van der Waals surface area contributed by atoms with Gasteiger partial charge in [-0.15, -0.1) is 0 Å². The summed E-state index contributed by atoms with van der Waals surface area (Å²) in [5, 5.41) is 0. The second-order valence-electron chi connectivity index (χ2n) is 5.62. The number of hydrogen-bond acceptors (Lipinski definition) is 1. The van der Waals surface area contributed by atoms with E-state index in [4.69, 9.17) is 0 Å². The van der Waals surface area contributed by atoms with Crippen molar-refractivity contribution in [3.8, 4) is 0 Å². The second kappa shape index (κ2) is 5.48. The zero-order chi connectivity index (χ0) is 11.3. The van der Waals surface area contributed by atoms with Gasteiger partial charge < -0.3 is 4.79 Å². The van der Waals surface area contributed by atoms with Gasteiger partial charge in [0.05, 0.1) is 0 Å². The predicted octanol–water partition coefficient (Wildman–Crippen LogP) is 4.13. The number of allylic oxidation sites excluding steroid dienone is 2. The number of rotatable bonds is 5. The molecular weight excluding hydrogens is 184 g/mol. The minimum absolute atomic E-state index is 0.0679. The third kappa shape index (κ3) is 4.19. The Labute approximate surface area is 93.9 Å². The van der Waals surface area contributed by atoms with Crippen LogP contribution in [-0.4, -0.2) is 6.29 Å². The Bertz CT molecular complexity index is 240. The van der Waals surface area contributed by atoms with Crippen LogP contribution in [0.5, 0.6) is 0 Å². The fraction of sp³-hybridized carbons (Fsp3) is 0.786. The molecule has 1 rings (SSSR count). The molecule has 0 heterocycles. The Hall–Kier alpha value is -0.590. The maximum absolute atomic E-state index is 10.9. The van der Waals surface area contributed by atoms with E-state index in [0.717, 1.165) is 31.5 Å². The molecule has 0 aliphatic heterocycles. The molecule has 1 unspecified atom stereocenters. The van der Waals surface area contributed by atoms with Crippen molar-refractivity contribution < 1.29 is 4.79 Å². The van der Waals surface area contributed by atoms with Crippen molar-refractivity contribution in [3.05, 3.63) is 11.6 Å². The molecule has 0 aromatic carbocycles.